The average Bonchev–Trinajstić information content (AvgIpc) is 3.09. The first-order valence-corrected chi connectivity index (χ1v) is 9.99. The van der Waals surface area contributed by atoms with E-state index in [1.54, 1.807) is 21.3 Å². The summed E-state index contributed by atoms with van der Waals surface area (Å²) in [5.41, 5.74) is 0.948. The van der Waals surface area contributed by atoms with Crippen LogP contribution >= 0.6 is 35.7 Å². The zero-order valence-corrected chi connectivity index (χ0v) is 20.0. The molecule has 1 aliphatic rings. The van der Waals surface area contributed by atoms with Crippen LogP contribution in [0.4, 0.5) is 0 Å². The van der Waals surface area contributed by atoms with Gasteiger partial charge >= 0.3 is 0 Å². The molecule has 2 N–H and O–H groups in total. The molecule has 154 valence electrons. The van der Waals surface area contributed by atoms with Gasteiger partial charge in [-0.15, -0.1) is 24.0 Å². The summed E-state index contributed by atoms with van der Waals surface area (Å²) in [4.78, 5) is 4.72. The Morgan fingerprint density at radius 3 is 2.44 bits per heavy atom. The lowest BCUT2D eigenvalue weighted by atomic mass is 10.1. The maximum Gasteiger partial charge on any atom is 0.203 e. The lowest BCUT2D eigenvalue weighted by Gasteiger charge is -2.24. The van der Waals surface area contributed by atoms with Gasteiger partial charge in [0.15, 0.2) is 17.5 Å². The number of hydrogen-bond acceptors (Lipinski definition) is 5. The Bertz CT molecular complexity index is 622. The minimum atomic E-state index is 0. The van der Waals surface area contributed by atoms with Crippen LogP contribution in [0.5, 0.6) is 17.2 Å². The molecule has 1 atom stereocenters. The van der Waals surface area contributed by atoms with E-state index in [4.69, 9.17) is 19.2 Å². The van der Waals surface area contributed by atoms with Gasteiger partial charge in [0.2, 0.25) is 5.75 Å². The summed E-state index contributed by atoms with van der Waals surface area (Å²) >= 11 is 2.04. The number of guanidine groups is 1. The number of halogens is 1. The van der Waals surface area contributed by atoms with E-state index in [9.17, 15) is 0 Å². The molecule has 8 heteroatoms. The van der Waals surface area contributed by atoms with Crippen LogP contribution in [0.3, 0.4) is 0 Å². The van der Waals surface area contributed by atoms with Crippen molar-refractivity contribution in [1.29, 1.82) is 0 Å². The van der Waals surface area contributed by atoms with E-state index in [-0.39, 0.29) is 28.7 Å². The van der Waals surface area contributed by atoms with E-state index in [0.29, 0.717) is 23.8 Å². The molecule has 27 heavy (non-hydrogen) atoms. The highest BCUT2D eigenvalue weighted by atomic mass is 127. The minimum absolute atomic E-state index is 0. The van der Waals surface area contributed by atoms with Crippen LogP contribution in [0.25, 0.3) is 0 Å². The molecule has 0 saturated carbocycles. The second-order valence-electron chi connectivity index (χ2n) is 6.44. The predicted octanol–water partition coefficient (Wildman–Crippen LogP) is 3.67. The van der Waals surface area contributed by atoms with E-state index in [1.807, 2.05) is 23.9 Å². The second kappa shape index (κ2) is 11.7. The first kappa shape index (κ1) is 24.0. The van der Waals surface area contributed by atoms with E-state index in [1.165, 1.54) is 18.6 Å². The molecule has 2 rings (SSSR count). The van der Waals surface area contributed by atoms with Gasteiger partial charge in [0, 0.05) is 23.4 Å². The Balaban J connectivity index is 0.00000364. The van der Waals surface area contributed by atoms with Gasteiger partial charge in [-0.3, -0.25) is 0 Å². The summed E-state index contributed by atoms with van der Waals surface area (Å²) in [5, 5.41) is 6.80. The van der Waals surface area contributed by atoms with Gasteiger partial charge in [-0.25, -0.2) is 4.99 Å². The van der Waals surface area contributed by atoms with E-state index >= 15 is 0 Å². The number of methoxy groups -OCH3 is 3. The van der Waals surface area contributed by atoms with Crippen molar-refractivity contribution in [2.45, 2.75) is 38.0 Å². The molecular weight excluding hydrogens is 477 g/mol. The Hall–Kier alpha value is -1.03. The Kier molecular flexibility index (Phi) is 10.4. The summed E-state index contributed by atoms with van der Waals surface area (Å²) < 4.78 is 16.6. The molecule has 1 saturated heterocycles. The van der Waals surface area contributed by atoms with Crippen LogP contribution in [0, 0.1) is 0 Å². The van der Waals surface area contributed by atoms with Crippen molar-refractivity contribution in [3.63, 3.8) is 0 Å². The van der Waals surface area contributed by atoms with E-state index < -0.39 is 0 Å². The molecule has 6 nitrogen and oxygen atoms in total. The first-order valence-electron chi connectivity index (χ1n) is 9.01. The summed E-state index contributed by atoms with van der Waals surface area (Å²) in [6.07, 6.45) is 2.53. The fourth-order valence-corrected chi connectivity index (χ4v) is 4.29. The van der Waals surface area contributed by atoms with E-state index in [0.717, 1.165) is 24.6 Å². The molecule has 0 aromatic heterocycles. The SMILES string of the molecule is CCNC(=NCc1ccc(OC)c(OC)c1OC)NCC1(C)CCCS1.I. The molecule has 1 aromatic rings. The van der Waals surface area contributed by atoms with Crippen LogP contribution in [0.15, 0.2) is 17.1 Å². The number of ether oxygens (including phenoxy) is 3. The molecule has 0 amide bonds. The first-order chi connectivity index (χ1) is 12.6. The molecule has 1 aliphatic heterocycles. The van der Waals surface area contributed by atoms with Gasteiger partial charge in [-0.05, 0) is 44.6 Å². The highest BCUT2D eigenvalue weighted by Crippen LogP contribution is 2.40. The highest BCUT2D eigenvalue weighted by Gasteiger charge is 2.29. The standard InChI is InChI=1S/C19H31N3O3S.HI/c1-6-20-18(22-13-19(2)10-7-11-26-19)21-12-14-8-9-15(23-3)17(25-5)16(14)24-4;/h8-9H,6-7,10-13H2,1-5H3,(H2,20,21,22);1H. The van der Waals surface area contributed by atoms with E-state index in [2.05, 4.69) is 24.5 Å². The average molecular weight is 509 g/mol. The molecule has 0 bridgehead atoms. The largest absolute Gasteiger partial charge is 0.493 e. The van der Waals surface area contributed by atoms with Crippen molar-refractivity contribution in [1.82, 2.24) is 10.6 Å². The Morgan fingerprint density at radius 2 is 1.89 bits per heavy atom. The van der Waals surface area contributed by atoms with Crippen LogP contribution < -0.4 is 24.8 Å². The number of aliphatic imine (C=N–C) groups is 1. The van der Waals surface area contributed by atoms with Gasteiger partial charge in [0.1, 0.15) is 0 Å². The summed E-state index contributed by atoms with van der Waals surface area (Å²) in [7, 11) is 4.86. The number of hydrogen-bond donors (Lipinski definition) is 2. The number of nitrogens with one attached hydrogen (secondary N) is 2. The lowest BCUT2D eigenvalue weighted by molar-refractivity contribution is 0.322. The number of thioether (sulfide) groups is 1. The molecule has 1 unspecified atom stereocenters. The molecule has 1 heterocycles. The smallest absolute Gasteiger partial charge is 0.203 e. The predicted molar refractivity (Wildman–Crippen MR) is 124 cm³/mol. The summed E-state index contributed by atoms with van der Waals surface area (Å²) in [6.45, 7) is 6.60. The second-order valence-corrected chi connectivity index (χ2v) is 8.13. The van der Waals surface area contributed by atoms with Gasteiger partial charge in [0.05, 0.1) is 27.9 Å². The molecule has 1 aromatic carbocycles. The van der Waals surface area contributed by atoms with Crippen LogP contribution in [0.1, 0.15) is 32.3 Å². The van der Waals surface area contributed by atoms with Gasteiger partial charge in [-0.2, -0.15) is 11.8 Å². The van der Waals surface area contributed by atoms with Crippen molar-refractivity contribution < 1.29 is 14.2 Å². The van der Waals surface area contributed by atoms with Crippen molar-refractivity contribution >= 4 is 41.7 Å². The third-order valence-corrected chi connectivity index (χ3v) is 6.01. The third-order valence-electron chi connectivity index (χ3n) is 4.47. The minimum Gasteiger partial charge on any atom is -0.493 e. The maximum absolute atomic E-state index is 5.54. The monoisotopic (exact) mass is 509 g/mol. The number of rotatable bonds is 8. The van der Waals surface area contributed by atoms with Crippen molar-refractivity contribution in [3.8, 4) is 17.2 Å². The summed E-state index contributed by atoms with van der Waals surface area (Å²) in [5.74, 6) is 3.96. The highest BCUT2D eigenvalue weighted by molar-refractivity contribution is 14.0. The van der Waals surface area contributed by atoms with Crippen molar-refractivity contribution in [2.24, 2.45) is 4.99 Å². The molecule has 0 radical (unpaired) electrons. The normalized spacial score (nSPS) is 19.2. The Labute approximate surface area is 184 Å². The number of nitrogens with zero attached hydrogens (tertiary/aromatic N) is 1. The molecule has 1 fully saturated rings. The number of benzene rings is 1. The van der Waals surface area contributed by atoms with Crippen LogP contribution in [-0.4, -0.2) is 50.9 Å². The fourth-order valence-electron chi connectivity index (χ4n) is 3.04. The zero-order valence-electron chi connectivity index (χ0n) is 16.9. The quantitative estimate of drug-likeness (QED) is 0.317. The summed E-state index contributed by atoms with van der Waals surface area (Å²) in [6, 6.07) is 3.84. The van der Waals surface area contributed by atoms with Gasteiger partial charge in [0.25, 0.3) is 0 Å². The molecule has 0 spiro atoms. The maximum atomic E-state index is 5.54. The zero-order chi connectivity index (χ0) is 19.0. The van der Waals surface area contributed by atoms with Crippen LogP contribution in [-0.2, 0) is 6.54 Å². The third kappa shape index (κ3) is 6.51. The van der Waals surface area contributed by atoms with Crippen molar-refractivity contribution in [3.05, 3.63) is 17.7 Å². The topological polar surface area (TPSA) is 64.1 Å². The molecular formula is C19H32IN3O3S. The Morgan fingerprint density at radius 1 is 1.15 bits per heavy atom. The van der Waals surface area contributed by atoms with Crippen LogP contribution in [0.2, 0.25) is 0 Å². The van der Waals surface area contributed by atoms with Gasteiger partial charge in [-0.1, -0.05) is 0 Å². The van der Waals surface area contributed by atoms with Gasteiger partial charge < -0.3 is 24.8 Å². The molecule has 0 aliphatic carbocycles. The lowest BCUT2D eigenvalue weighted by Crippen LogP contribution is -2.43. The fraction of sp³-hybridized carbons (Fsp3) is 0.632. The van der Waals surface area contributed by atoms with Crippen molar-refractivity contribution in [2.75, 3.05) is 40.2 Å².